The summed E-state index contributed by atoms with van der Waals surface area (Å²) in [5.41, 5.74) is 1.03. The number of amides is 1. The van der Waals surface area contributed by atoms with Crippen LogP contribution in [0.5, 0.6) is 11.5 Å². The molecule has 6 nitrogen and oxygen atoms in total. The molecule has 1 saturated carbocycles. The van der Waals surface area contributed by atoms with E-state index in [1.54, 1.807) is 28.4 Å². The Balaban J connectivity index is 1.45. The highest BCUT2D eigenvalue weighted by atomic mass is 32.1. The zero-order valence-electron chi connectivity index (χ0n) is 14.1. The predicted octanol–water partition coefficient (Wildman–Crippen LogP) is 2.67. The number of ether oxygens (including phenoxy) is 2. The van der Waals surface area contributed by atoms with E-state index in [0.29, 0.717) is 48.7 Å². The molecular weight excluding hydrogens is 352 g/mol. The van der Waals surface area contributed by atoms with E-state index in [2.05, 4.69) is 16.3 Å². The molecule has 0 radical (unpaired) electrons. The smallest absolute Gasteiger partial charge is 0.300 e. The number of fused-ring (bicyclic) bond motifs is 2. The molecule has 1 aromatic carbocycles. The lowest BCUT2D eigenvalue weighted by molar-refractivity contribution is -0.114. The fraction of sp³-hybridized carbons (Fsp3) is 0.368. The molecule has 0 N–H and O–H groups in total. The van der Waals surface area contributed by atoms with E-state index < -0.39 is 11.7 Å². The van der Waals surface area contributed by atoms with Crippen molar-refractivity contribution in [3.63, 3.8) is 0 Å². The van der Waals surface area contributed by atoms with Gasteiger partial charge in [0.1, 0.15) is 13.2 Å². The van der Waals surface area contributed by atoms with Gasteiger partial charge in [-0.15, -0.1) is 11.3 Å². The van der Waals surface area contributed by atoms with E-state index in [0.717, 1.165) is 19.4 Å². The minimum absolute atomic E-state index is 0.408. The molecule has 1 fully saturated rings. The minimum atomic E-state index is -0.473. The summed E-state index contributed by atoms with van der Waals surface area (Å²) in [6, 6.07) is 8.02. The van der Waals surface area contributed by atoms with Gasteiger partial charge in [0, 0.05) is 23.5 Å². The number of hydrogen-bond acceptors (Lipinski definition) is 6. The maximum Gasteiger partial charge on any atom is 0.300 e. The Morgan fingerprint density at radius 3 is 2.62 bits per heavy atom. The van der Waals surface area contributed by atoms with Gasteiger partial charge in [-0.3, -0.25) is 19.4 Å². The van der Waals surface area contributed by atoms with E-state index >= 15 is 0 Å². The topological polar surface area (TPSA) is 59.1 Å². The molecule has 0 saturated heterocycles. The summed E-state index contributed by atoms with van der Waals surface area (Å²) in [5, 5.41) is 2.06. The lowest BCUT2D eigenvalue weighted by atomic mass is 10.1. The van der Waals surface area contributed by atoms with Gasteiger partial charge in [-0.1, -0.05) is 6.07 Å². The fourth-order valence-electron chi connectivity index (χ4n) is 3.49. The van der Waals surface area contributed by atoms with Gasteiger partial charge < -0.3 is 9.47 Å². The largest absolute Gasteiger partial charge is 0.486 e. The van der Waals surface area contributed by atoms with Crippen LogP contribution in [0.1, 0.15) is 28.1 Å². The monoisotopic (exact) mass is 370 g/mol. The molecule has 5 rings (SSSR count). The second-order valence-corrected chi connectivity index (χ2v) is 7.81. The third-order valence-electron chi connectivity index (χ3n) is 4.96. The molecule has 0 bridgehead atoms. The first-order valence-corrected chi connectivity index (χ1v) is 9.65. The number of Topliss-reactive ketones (excluding diaryl/α,β-unsaturated/α-hetero) is 1. The van der Waals surface area contributed by atoms with Crippen molar-refractivity contribution in [3.05, 3.63) is 40.1 Å². The normalized spacial score (nSPS) is 18.6. The molecule has 0 spiro atoms. The highest BCUT2D eigenvalue weighted by Gasteiger charge is 2.40. The van der Waals surface area contributed by atoms with Crippen molar-refractivity contribution in [2.24, 2.45) is 0 Å². The summed E-state index contributed by atoms with van der Waals surface area (Å²) >= 11 is 1.71. The molecule has 0 atom stereocenters. The number of anilines is 1. The van der Waals surface area contributed by atoms with Gasteiger partial charge in [0.25, 0.3) is 5.78 Å². The van der Waals surface area contributed by atoms with Crippen LogP contribution in [-0.2, 0) is 11.3 Å². The molecule has 7 heteroatoms. The summed E-state index contributed by atoms with van der Waals surface area (Å²) < 4.78 is 11.2. The third-order valence-corrected chi connectivity index (χ3v) is 5.82. The molecule has 2 aliphatic heterocycles. The molecule has 3 aliphatic rings. The van der Waals surface area contributed by atoms with Crippen molar-refractivity contribution in [2.45, 2.75) is 25.4 Å². The number of nitrogens with zero attached hydrogens (tertiary/aromatic N) is 2. The Kier molecular flexibility index (Phi) is 3.72. The molecule has 1 aliphatic carbocycles. The van der Waals surface area contributed by atoms with Crippen molar-refractivity contribution in [2.75, 3.05) is 24.8 Å². The van der Waals surface area contributed by atoms with Gasteiger partial charge in [0.15, 0.2) is 11.5 Å². The van der Waals surface area contributed by atoms with Gasteiger partial charge >= 0.3 is 5.91 Å². The van der Waals surface area contributed by atoms with E-state index in [4.69, 9.17) is 9.47 Å². The summed E-state index contributed by atoms with van der Waals surface area (Å²) in [5.74, 6) is 0.192. The fourth-order valence-corrected chi connectivity index (χ4v) is 4.22. The Morgan fingerprint density at radius 2 is 1.92 bits per heavy atom. The number of thiophene rings is 1. The lowest BCUT2D eigenvalue weighted by Gasteiger charge is -2.28. The van der Waals surface area contributed by atoms with Crippen molar-refractivity contribution in [1.82, 2.24) is 4.90 Å². The third kappa shape index (κ3) is 2.68. The van der Waals surface area contributed by atoms with Gasteiger partial charge in [0.2, 0.25) is 0 Å². The van der Waals surface area contributed by atoms with E-state index in [1.165, 1.54) is 4.88 Å². The molecule has 2 aromatic rings. The van der Waals surface area contributed by atoms with Crippen LogP contribution in [0.3, 0.4) is 0 Å². The quantitative estimate of drug-likeness (QED) is 0.758. The number of carbonyl (C=O) groups is 2. The van der Waals surface area contributed by atoms with Crippen LogP contribution >= 0.6 is 11.3 Å². The average Bonchev–Trinajstić information content (AvgIpc) is 3.34. The van der Waals surface area contributed by atoms with Crippen LogP contribution in [-0.4, -0.2) is 42.5 Å². The number of hydrogen-bond donors (Lipinski definition) is 0. The second kappa shape index (κ2) is 6.10. The van der Waals surface area contributed by atoms with Crippen molar-refractivity contribution in [3.8, 4) is 11.5 Å². The maximum atomic E-state index is 12.6. The van der Waals surface area contributed by atoms with Gasteiger partial charge in [-0.2, -0.15) is 0 Å². The van der Waals surface area contributed by atoms with Crippen LogP contribution in [0.4, 0.5) is 5.69 Å². The molecule has 3 heterocycles. The Morgan fingerprint density at radius 1 is 1.15 bits per heavy atom. The number of benzene rings is 1. The van der Waals surface area contributed by atoms with Crippen LogP contribution in [0.25, 0.3) is 0 Å². The second-order valence-electron chi connectivity index (χ2n) is 6.77. The number of carbonyl (C=O) groups excluding carboxylic acids is 2. The highest BCUT2D eigenvalue weighted by molar-refractivity contribution is 7.09. The van der Waals surface area contributed by atoms with Gasteiger partial charge in [0.05, 0.1) is 17.9 Å². The van der Waals surface area contributed by atoms with E-state index in [1.807, 2.05) is 6.07 Å². The molecule has 26 heavy (non-hydrogen) atoms. The maximum absolute atomic E-state index is 12.6. The lowest BCUT2D eigenvalue weighted by Crippen LogP contribution is -2.41. The number of rotatable bonds is 5. The number of ketones is 1. The zero-order valence-corrected chi connectivity index (χ0v) is 15.0. The Bertz CT molecular complexity index is 876. The summed E-state index contributed by atoms with van der Waals surface area (Å²) in [4.78, 5) is 30.2. The molecular formula is C19H18N2O4S. The summed E-state index contributed by atoms with van der Waals surface area (Å²) in [7, 11) is 0. The average molecular weight is 370 g/mol. The Hall–Kier alpha value is -2.38. The zero-order chi connectivity index (χ0) is 17.7. The van der Waals surface area contributed by atoms with Crippen LogP contribution < -0.4 is 14.4 Å². The van der Waals surface area contributed by atoms with Gasteiger partial charge in [-0.05, 0) is 30.4 Å². The first-order valence-electron chi connectivity index (χ1n) is 8.77. The molecule has 1 amide bonds. The molecule has 1 aromatic heterocycles. The first-order chi connectivity index (χ1) is 12.7. The minimum Gasteiger partial charge on any atom is -0.486 e. The summed E-state index contributed by atoms with van der Waals surface area (Å²) in [6.07, 6.45) is 2.27. The van der Waals surface area contributed by atoms with E-state index in [-0.39, 0.29) is 0 Å². The van der Waals surface area contributed by atoms with Gasteiger partial charge in [-0.25, -0.2) is 0 Å². The van der Waals surface area contributed by atoms with Crippen molar-refractivity contribution >= 4 is 28.7 Å². The first kappa shape index (κ1) is 15.8. The van der Waals surface area contributed by atoms with Crippen molar-refractivity contribution < 1.29 is 19.1 Å². The SMILES string of the molecule is O=C1C(=O)N(CN(Cc2cccs2)C2CC2)c2cc3c(cc21)OCCO3. The van der Waals surface area contributed by atoms with Crippen LogP contribution in [0.15, 0.2) is 29.6 Å². The predicted molar refractivity (Wildman–Crippen MR) is 97.0 cm³/mol. The standard InChI is InChI=1S/C19H18N2O4S/c22-18-14-8-16-17(25-6-5-24-16)9-15(14)21(19(18)23)11-20(12-3-4-12)10-13-2-1-7-26-13/h1-2,7-9,12H,3-6,10-11H2. The highest BCUT2D eigenvalue weighted by Crippen LogP contribution is 2.41. The Labute approximate surface area is 154 Å². The molecule has 0 unspecified atom stereocenters. The van der Waals surface area contributed by atoms with E-state index in [9.17, 15) is 9.59 Å². The van der Waals surface area contributed by atoms with Crippen LogP contribution in [0.2, 0.25) is 0 Å². The van der Waals surface area contributed by atoms with Crippen molar-refractivity contribution in [1.29, 1.82) is 0 Å². The molecule has 134 valence electrons. The summed E-state index contributed by atoms with van der Waals surface area (Å²) in [6.45, 7) is 2.13. The van der Waals surface area contributed by atoms with Crippen LogP contribution in [0, 0.1) is 0 Å².